The smallest absolute Gasteiger partial charge is 0.110 e. The van der Waals surface area contributed by atoms with Gasteiger partial charge in [-0.3, -0.25) is 4.90 Å². The average molecular weight is 270 g/mol. The van der Waals surface area contributed by atoms with Crippen LogP contribution in [0.5, 0.6) is 0 Å². The van der Waals surface area contributed by atoms with Gasteiger partial charge in [0.05, 0.1) is 0 Å². The molecule has 0 saturated carbocycles. The molecule has 0 amide bonds. The minimum atomic E-state index is 0.401. The monoisotopic (exact) mass is 269 g/mol. The van der Waals surface area contributed by atoms with Gasteiger partial charge in [0.15, 0.2) is 0 Å². The molecule has 0 aromatic carbocycles. The van der Waals surface area contributed by atoms with Gasteiger partial charge in [0.2, 0.25) is 0 Å². The number of hydrogen-bond donors (Lipinski definition) is 1. The molecule has 0 atom stereocenters. The second-order valence-electron chi connectivity index (χ2n) is 4.07. The fourth-order valence-electron chi connectivity index (χ4n) is 1.89. The molecule has 0 unspecified atom stereocenters. The van der Waals surface area contributed by atoms with Crippen molar-refractivity contribution in [2.75, 3.05) is 13.1 Å². The molecule has 82 valence electrons. The normalized spacial score (nSPS) is 19.3. The molecule has 0 aliphatic carbocycles. The fourth-order valence-corrected chi connectivity index (χ4v) is 2.26. The zero-order valence-electron chi connectivity index (χ0n) is 8.69. The van der Waals surface area contributed by atoms with E-state index in [1.54, 1.807) is 6.20 Å². The summed E-state index contributed by atoms with van der Waals surface area (Å²) in [4.78, 5) is 6.66. The van der Waals surface area contributed by atoms with Gasteiger partial charge >= 0.3 is 0 Å². The molecule has 2 heterocycles. The highest BCUT2D eigenvalue weighted by Crippen LogP contribution is 2.17. The van der Waals surface area contributed by atoms with Crippen molar-refractivity contribution in [3.05, 3.63) is 28.5 Å². The van der Waals surface area contributed by atoms with E-state index in [0.717, 1.165) is 37.1 Å². The van der Waals surface area contributed by atoms with E-state index in [1.165, 1.54) is 5.56 Å². The van der Waals surface area contributed by atoms with Gasteiger partial charge in [-0.1, -0.05) is 6.07 Å². The van der Waals surface area contributed by atoms with Crippen LogP contribution < -0.4 is 5.73 Å². The summed E-state index contributed by atoms with van der Waals surface area (Å²) in [6.45, 7) is 3.17. The Labute approximate surface area is 98.8 Å². The number of rotatable bonds is 2. The van der Waals surface area contributed by atoms with Crippen LogP contribution >= 0.6 is 15.9 Å². The molecule has 1 saturated heterocycles. The van der Waals surface area contributed by atoms with Gasteiger partial charge in [-0.15, -0.1) is 0 Å². The molecule has 1 aliphatic rings. The summed E-state index contributed by atoms with van der Waals surface area (Å²) >= 11 is 3.47. The van der Waals surface area contributed by atoms with Crippen LogP contribution in [0.2, 0.25) is 0 Å². The van der Waals surface area contributed by atoms with Gasteiger partial charge in [0.1, 0.15) is 4.60 Å². The summed E-state index contributed by atoms with van der Waals surface area (Å²) in [6, 6.07) is 4.50. The molecule has 15 heavy (non-hydrogen) atoms. The van der Waals surface area contributed by atoms with E-state index in [2.05, 4.69) is 31.9 Å². The molecule has 0 spiro atoms. The van der Waals surface area contributed by atoms with Gasteiger partial charge in [0.25, 0.3) is 0 Å². The van der Waals surface area contributed by atoms with Crippen molar-refractivity contribution in [3.8, 4) is 0 Å². The van der Waals surface area contributed by atoms with E-state index >= 15 is 0 Å². The fraction of sp³-hybridized carbons (Fsp3) is 0.545. The van der Waals surface area contributed by atoms with E-state index in [0.29, 0.717) is 6.04 Å². The van der Waals surface area contributed by atoms with Crippen LogP contribution in [0.25, 0.3) is 0 Å². The summed E-state index contributed by atoms with van der Waals surface area (Å²) in [5, 5.41) is 0. The van der Waals surface area contributed by atoms with Crippen molar-refractivity contribution in [2.24, 2.45) is 5.73 Å². The standard InChI is InChI=1S/C11H16BrN3/c12-11-9(2-1-5-14-11)8-15-6-3-10(13)4-7-15/h1-2,5,10H,3-4,6-8,13H2. The maximum Gasteiger partial charge on any atom is 0.110 e. The predicted octanol–water partition coefficient (Wildman–Crippen LogP) is 1.77. The summed E-state index contributed by atoms with van der Waals surface area (Å²) < 4.78 is 0.958. The van der Waals surface area contributed by atoms with Crippen LogP contribution in [0.1, 0.15) is 18.4 Å². The Morgan fingerprint density at radius 1 is 1.47 bits per heavy atom. The zero-order chi connectivity index (χ0) is 10.7. The van der Waals surface area contributed by atoms with Crippen molar-refractivity contribution in [2.45, 2.75) is 25.4 Å². The highest BCUT2D eigenvalue weighted by Gasteiger charge is 2.16. The van der Waals surface area contributed by atoms with Crippen LogP contribution in [-0.2, 0) is 6.54 Å². The Morgan fingerprint density at radius 3 is 2.87 bits per heavy atom. The van der Waals surface area contributed by atoms with Crippen LogP contribution in [0.4, 0.5) is 0 Å². The number of nitrogens with two attached hydrogens (primary N) is 1. The maximum absolute atomic E-state index is 5.87. The lowest BCUT2D eigenvalue weighted by Crippen LogP contribution is -2.39. The number of likely N-dealkylation sites (tertiary alicyclic amines) is 1. The summed E-state index contributed by atoms with van der Waals surface area (Å²) in [6.07, 6.45) is 4.02. The molecular formula is C11H16BrN3. The lowest BCUT2D eigenvalue weighted by molar-refractivity contribution is 0.205. The van der Waals surface area contributed by atoms with E-state index in [-0.39, 0.29) is 0 Å². The first-order valence-electron chi connectivity index (χ1n) is 5.33. The Bertz CT molecular complexity index is 321. The summed E-state index contributed by atoms with van der Waals surface area (Å²) in [7, 11) is 0. The first-order valence-corrected chi connectivity index (χ1v) is 6.12. The van der Waals surface area contributed by atoms with Gasteiger partial charge in [-0.2, -0.15) is 0 Å². The number of piperidine rings is 1. The molecule has 4 heteroatoms. The third-order valence-corrected chi connectivity index (χ3v) is 3.58. The Morgan fingerprint density at radius 2 is 2.20 bits per heavy atom. The van der Waals surface area contributed by atoms with Crippen LogP contribution in [0.3, 0.4) is 0 Å². The van der Waals surface area contributed by atoms with Crippen LogP contribution in [0, 0.1) is 0 Å². The van der Waals surface area contributed by atoms with E-state index < -0.39 is 0 Å². The number of nitrogens with zero attached hydrogens (tertiary/aromatic N) is 2. The first-order chi connectivity index (χ1) is 7.25. The van der Waals surface area contributed by atoms with E-state index in [9.17, 15) is 0 Å². The highest BCUT2D eigenvalue weighted by molar-refractivity contribution is 9.10. The van der Waals surface area contributed by atoms with Gasteiger partial charge in [-0.25, -0.2) is 4.98 Å². The topological polar surface area (TPSA) is 42.1 Å². The molecule has 0 radical (unpaired) electrons. The number of hydrogen-bond acceptors (Lipinski definition) is 3. The third kappa shape index (κ3) is 3.00. The number of pyridine rings is 1. The van der Waals surface area contributed by atoms with Crippen molar-refractivity contribution in [3.63, 3.8) is 0 Å². The Hall–Kier alpha value is -0.450. The quantitative estimate of drug-likeness (QED) is 0.833. The van der Waals surface area contributed by atoms with E-state index in [4.69, 9.17) is 5.73 Å². The molecule has 2 rings (SSSR count). The molecule has 2 N–H and O–H groups in total. The first kappa shape index (κ1) is 11.0. The van der Waals surface area contributed by atoms with Crippen LogP contribution in [0.15, 0.2) is 22.9 Å². The number of halogens is 1. The predicted molar refractivity (Wildman–Crippen MR) is 64.4 cm³/mol. The van der Waals surface area contributed by atoms with Crippen molar-refractivity contribution in [1.29, 1.82) is 0 Å². The lowest BCUT2D eigenvalue weighted by atomic mass is 10.1. The van der Waals surface area contributed by atoms with Crippen molar-refractivity contribution >= 4 is 15.9 Å². The summed E-state index contributed by atoms with van der Waals surface area (Å²) in [5.74, 6) is 0. The van der Waals surface area contributed by atoms with E-state index in [1.807, 2.05) is 6.07 Å². The van der Waals surface area contributed by atoms with Gasteiger partial charge < -0.3 is 5.73 Å². The SMILES string of the molecule is NC1CCN(Cc2cccnc2Br)CC1. The largest absolute Gasteiger partial charge is 0.328 e. The van der Waals surface area contributed by atoms with Crippen LogP contribution in [-0.4, -0.2) is 29.0 Å². The zero-order valence-corrected chi connectivity index (χ0v) is 10.3. The Kier molecular flexibility index (Phi) is 3.72. The second kappa shape index (κ2) is 5.05. The molecular weight excluding hydrogens is 254 g/mol. The minimum Gasteiger partial charge on any atom is -0.328 e. The number of aromatic nitrogens is 1. The molecule has 1 fully saturated rings. The van der Waals surface area contributed by atoms with Crippen molar-refractivity contribution in [1.82, 2.24) is 9.88 Å². The maximum atomic E-state index is 5.87. The van der Waals surface area contributed by atoms with Gasteiger partial charge in [0, 0.05) is 18.8 Å². The second-order valence-corrected chi connectivity index (χ2v) is 4.82. The molecule has 1 aromatic heterocycles. The molecule has 0 bridgehead atoms. The summed E-state index contributed by atoms with van der Waals surface area (Å²) in [5.41, 5.74) is 7.13. The average Bonchev–Trinajstić information content (AvgIpc) is 2.25. The molecule has 3 nitrogen and oxygen atoms in total. The minimum absolute atomic E-state index is 0.401. The third-order valence-electron chi connectivity index (χ3n) is 2.86. The Balaban J connectivity index is 1.95. The molecule has 1 aromatic rings. The van der Waals surface area contributed by atoms with Crippen molar-refractivity contribution < 1.29 is 0 Å². The van der Waals surface area contributed by atoms with Gasteiger partial charge in [-0.05, 0) is 53.5 Å². The highest BCUT2D eigenvalue weighted by atomic mass is 79.9. The molecule has 1 aliphatic heterocycles. The lowest BCUT2D eigenvalue weighted by Gasteiger charge is -2.30.